The van der Waals surface area contributed by atoms with Gasteiger partial charge in [-0.05, 0) is 18.1 Å². The second-order valence-corrected chi connectivity index (χ2v) is 3.57. The standard InChI is InChI=1S/C6H10OS2/c1-3-5-7-9(8)6-4-2/h3-5H,2,6H2,1H3. The highest BCUT2D eigenvalue weighted by atomic mass is 32.8. The second kappa shape index (κ2) is 5.98. The minimum Gasteiger partial charge on any atom is -0.432 e. The Morgan fingerprint density at radius 2 is 2.44 bits per heavy atom. The summed E-state index contributed by atoms with van der Waals surface area (Å²) in [7, 11) is -0.391. The van der Waals surface area contributed by atoms with Gasteiger partial charge in [0, 0.05) is 0 Å². The minimum atomic E-state index is -0.391. The lowest BCUT2D eigenvalue weighted by atomic mass is 10.8. The van der Waals surface area contributed by atoms with E-state index in [1.54, 1.807) is 12.3 Å². The van der Waals surface area contributed by atoms with E-state index in [0.717, 1.165) is 5.75 Å². The molecule has 0 aromatic rings. The summed E-state index contributed by atoms with van der Waals surface area (Å²) in [6, 6.07) is 0. The predicted octanol–water partition coefficient (Wildman–Crippen LogP) is 1.72. The highest BCUT2D eigenvalue weighted by Crippen LogP contribution is 1.87. The molecule has 0 spiro atoms. The first kappa shape index (κ1) is 8.85. The van der Waals surface area contributed by atoms with Gasteiger partial charge in [-0.25, -0.2) is 0 Å². The molecule has 0 radical (unpaired) electrons. The lowest BCUT2D eigenvalue weighted by Gasteiger charge is -1.96. The molecule has 0 saturated carbocycles. The molecule has 0 heterocycles. The molecule has 3 heteroatoms. The minimum absolute atomic E-state index is 0.391. The highest BCUT2D eigenvalue weighted by molar-refractivity contribution is 8.26. The van der Waals surface area contributed by atoms with Crippen LogP contribution in [0.15, 0.2) is 25.0 Å². The quantitative estimate of drug-likeness (QED) is 0.460. The fourth-order valence-electron chi connectivity index (χ4n) is 0.253. The van der Waals surface area contributed by atoms with Gasteiger partial charge >= 0.3 is 0 Å². The molecule has 0 rings (SSSR count). The van der Waals surface area contributed by atoms with Gasteiger partial charge in [-0.15, -0.1) is 6.58 Å². The summed E-state index contributed by atoms with van der Waals surface area (Å²) in [5.74, 6) is 0.750. The summed E-state index contributed by atoms with van der Waals surface area (Å²) < 4.78 is 5.02. The summed E-state index contributed by atoms with van der Waals surface area (Å²) in [4.78, 5) is 0. The summed E-state index contributed by atoms with van der Waals surface area (Å²) in [5.41, 5.74) is 0. The van der Waals surface area contributed by atoms with Gasteiger partial charge in [-0.2, -0.15) is 0 Å². The van der Waals surface area contributed by atoms with Crippen molar-refractivity contribution in [1.29, 1.82) is 0 Å². The summed E-state index contributed by atoms with van der Waals surface area (Å²) >= 11 is 4.88. The molecule has 0 saturated heterocycles. The third-order valence-corrected chi connectivity index (χ3v) is 2.03. The Labute approximate surface area is 63.2 Å². The zero-order chi connectivity index (χ0) is 7.11. The molecule has 0 fully saturated rings. The molecule has 0 aliphatic carbocycles. The molecule has 0 aliphatic heterocycles. The zero-order valence-corrected chi connectivity index (χ0v) is 7.00. The molecule has 1 atom stereocenters. The molecule has 0 bridgehead atoms. The maximum Gasteiger partial charge on any atom is 0.0970 e. The molecule has 0 N–H and O–H groups in total. The fourth-order valence-corrected chi connectivity index (χ4v) is 1.18. The molecule has 52 valence electrons. The van der Waals surface area contributed by atoms with Crippen LogP contribution >= 0.6 is 0 Å². The van der Waals surface area contributed by atoms with Gasteiger partial charge in [0.2, 0.25) is 0 Å². The van der Waals surface area contributed by atoms with E-state index in [1.807, 2.05) is 13.0 Å². The Kier molecular flexibility index (Phi) is 5.88. The molecule has 1 nitrogen and oxygen atoms in total. The average molecular weight is 162 g/mol. The van der Waals surface area contributed by atoms with E-state index < -0.39 is 9.74 Å². The van der Waals surface area contributed by atoms with Crippen LogP contribution in [0.4, 0.5) is 0 Å². The second-order valence-electron chi connectivity index (χ2n) is 1.32. The van der Waals surface area contributed by atoms with Crippen LogP contribution in [0, 0.1) is 0 Å². The monoisotopic (exact) mass is 162 g/mol. The zero-order valence-electron chi connectivity index (χ0n) is 5.37. The molecule has 0 aromatic carbocycles. The Bertz CT molecular complexity index is 129. The van der Waals surface area contributed by atoms with Crippen molar-refractivity contribution in [2.24, 2.45) is 0 Å². The van der Waals surface area contributed by atoms with E-state index in [1.165, 1.54) is 0 Å². The molecule has 0 aliphatic rings. The lowest BCUT2D eigenvalue weighted by Crippen LogP contribution is -1.91. The van der Waals surface area contributed by atoms with Crippen molar-refractivity contribution in [3.05, 3.63) is 25.0 Å². The summed E-state index contributed by atoms with van der Waals surface area (Å²) in [6.07, 6.45) is 5.19. The van der Waals surface area contributed by atoms with Crippen LogP contribution in [-0.2, 0) is 25.1 Å². The van der Waals surface area contributed by atoms with Gasteiger partial charge < -0.3 is 4.18 Å². The Hall–Kier alpha value is -0.150. The van der Waals surface area contributed by atoms with Crippen molar-refractivity contribution in [1.82, 2.24) is 0 Å². The first-order valence-electron chi connectivity index (χ1n) is 2.58. The van der Waals surface area contributed by atoms with Gasteiger partial charge in [-0.3, -0.25) is 0 Å². The molecular weight excluding hydrogens is 152 g/mol. The largest absolute Gasteiger partial charge is 0.432 e. The molecule has 1 unspecified atom stereocenters. The van der Waals surface area contributed by atoms with Crippen LogP contribution in [0.5, 0.6) is 0 Å². The lowest BCUT2D eigenvalue weighted by molar-refractivity contribution is 0.560. The molecular formula is C6H10OS2. The number of hydrogen-bond donors (Lipinski definition) is 0. The van der Waals surface area contributed by atoms with E-state index in [9.17, 15) is 0 Å². The molecule has 0 amide bonds. The Balaban J connectivity index is 3.38. The topological polar surface area (TPSA) is 9.23 Å². The van der Waals surface area contributed by atoms with Crippen molar-refractivity contribution in [2.75, 3.05) is 5.75 Å². The first-order chi connectivity index (χ1) is 4.31. The first-order valence-corrected chi connectivity index (χ1v) is 4.83. The van der Waals surface area contributed by atoms with Crippen molar-refractivity contribution in [3.8, 4) is 0 Å². The van der Waals surface area contributed by atoms with E-state index >= 15 is 0 Å². The van der Waals surface area contributed by atoms with Crippen molar-refractivity contribution in [3.63, 3.8) is 0 Å². The van der Waals surface area contributed by atoms with Crippen LogP contribution in [0.3, 0.4) is 0 Å². The van der Waals surface area contributed by atoms with Crippen LogP contribution in [-0.4, -0.2) is 5.75 Å². The van der Waals surface area contributed by atoms with E-state index in [2.05, 4.69) is 6.58 Å². The van der Waals surface area contributed by atoms with Crippen LogP contribution < -0.4 is 0 Å². The van der Waals surface area contributed by atoms with Crippen molar-refractivity contribution >= 4 is 20.9 Å². The summed E-state index contributed by atoms with van der Waals surface area (Å²) in [5, 5.41) is 0. The van der Waals surface area contributed by atoms with Gasteiger partial charge in [-0.1, -0.05) is 12.2 Å². The maximum atomic E-state index is 5.02. The fraction of sp³-hybridized carbons (Fsp3) is 0.333. The number of hydrogen-bond acceptors (Lipinski definition) is 2. The number of allylic oxidation sites excluding steroid dienone is 1. The summed E-state index contributed by atoms with van der Waals surface area (Å²) in [6.45, 7) is 5.43. The SMILES string of the molecule is C=CCS(=S)OC=CC. The number of rotatable bonds is 4. The molecule has 0 aromatic heterocycles. The normalized spacial score (nSPS) is 13.4. The van der Waals surface area contributed by atoms with Crippen LogP contribution in [0.2, 0.25) is 0 Å². The molecule has 9 heavy (non-hydrogen) atoms. The van der Waals surface area contributed by atoms with Crippen LogP contribution in [0.1, 0.15) is 6.92 Å². The van der Waals surface area contributed by atoms with E-state index in [0.29, 0.717) is 0 Å². The predicted molar refractivity (Wildman–Crippen MR) is 45.7 cm³/mol. The van der Waals surface area contributed by atoms with Gasteiger partial charge in [0.05, 0.1) is 21.8 Å². The average Bonchev–Trinajstić information content (AvgIpc) is 1.85. The van der Waals surface area contributed by atoms with Gasteiger partial charge in [0.25, 0.3) is 0 Å². The van der Waals surface area contributed by atoms with Crippen LogP contribution in [0.25, 0.3) is 0 Å². The smallest absolute Gasteiger partial charge is 0.0970 e. The van der Waals surface area contributed by atoms with Crippen molar-refractivity contribution < 1.29 is 4.18 Å². The maximum absolute atomic E-state index is 5.02. The highest BCUT2D eigenvalue weighted by Gasteiger charge is 1.84. The van der Waals surface area contributed by atoms with Crippen molar-refractivity contribution in [2.45, 2.75) is 6.92 Å². The Morgan fingerprint density at radius 1 is 1.78 bits per heavy atom. The third kappa shape index (κ3) is 5.73. The van der Waals surface area contributed by atoms with E-state index in [4.69, 9.17) is 15.4 Å². The van der Waals surface area contributed by atoms with Gasteiger partial charge in [0.15, 0.2) is 0 Å². The third-order valence-electron chi connectivity index (χ3n) is 0.553. The van der Waals surface area contributed by atoms with Gasteiger partial charge in [0.1, 0.15) is 0 Å². The van der Waals surface area contributed by atoms with E-state index in [-0.39, 0.29) is 0 Å². The Morgan fingerprint density at radius 3 is 2.89 bits per heavy atom.